The van der Waals surface area contributed by atoms with Gasteiger partial charge in [-0.2, -0.15) is 0 Å². The third-order valence-corrected chi connectivity index (χ3v) is 4.10. The van der Waals surface area contributed by atoms with Gasteiger partial charge in [-0.3, -0.25) is 4.79 Å². The van der Waals surface area contributed by atoms with Crippen molar-refractivity contribution in [1.82, 2.24) is 9.97 Å². The lowest BCUT2D eigenvalue weighted by atomic mass is 10.2. The van der Waals surface area contributed by atoms with Crippen molar-refractivity contribution in [3.05, 3.63) is 83.5 Å². The Balaban J connectivity index is 1.96. The summed E-state index contributed by atoms with van der Waals surface area (Å²) < 4.78 is 0. The van der Waals surface area contributed by atoms with Crippen molar-refractivity contribution in [1.29, 1.82) is 0 Å². The third-order valence-electron chi connectivity index (χ3n) is 3.87. The molecule has 27 heavy (non-hydrogen) atoms. The van der Waals surface area contributed by atoms with Gasteiger partial charge in [-0.15, -0.1) is 6.58 Å². The molecule has 0 aliphatic carbocycles. The van der Waals surface area contributed by atoms with Crippen LogP contribution in [-0.2, 0) is 0 Å². The Morgan fingerprint density at radius 1 is 1.15 bits per heavy atom. The fraction of sp³-hybridized carbons (Fsp3) is 0.0952. The molecule has 2 N–H and O–H groups in total. The van der Waals surface area contributed by atoms with Crippen molar-refractivity contribution >= 4 is 29.0 Å². The summed E-state index contributed by atoms with van der Waals surface area (Å²) in [5.41, 5.74) is 2.64. The molecule has 136 valence electrons. The van der Waals surface area contributed by atoms with Crippen LogP contribution in [0.25, 0.3) is 11.4 Å². The molecule has 1 amide bonds. The van der Waals surface area contributed by atoms with E-state index in [1.807, 2.05) is 43.3 Å². The number of hydrogen-bond donors (Lipinski definition) is 2. The van der Waals surface area contributed by atoms with Crippen LogP contribution >= 0.6 is 11.6 Å². The average Bonchev–Trinajstić information content (AvgIpc) is 2.69. The second-order valence-electron chi connectivity index (χ2n) is 5.91. The third kappa shape index (κ3) is 4.71. The Kier molecular flexibility index (Phi) is 5.84. The Hall–Kier alpha value is -3.18. The molecule has 0 atom stereocenters. The molecule has 0 aliphatic rings. The highest BCUT2D eigenvalue weighted by Crippen LogP contribution is 2.22. The van der Waals surface area contributed by atoms with Gasteiger partial charge in [0.2, 0.25) is 0 Å². The summed E-state index contributed by atoms with van der Waals surface area (Å²) in [5, 5.41) is 6.53. The summed E-state index contributed by atoms with van der Waals surface area (Å²) in [6.45, 7) is 6.12. The second-order valence-corrected chi connectivity index (χ2v) is 6.35. The van der Waals surface area contributed by atoms with Gasteiger partial charge in [0.15, 0.2) is 5.82 Å². The molecule has 2 aromatic carbocycles. The van der Waals surface area contributed by atoms with Gasteiger partial charge in [-0.1, -0.05) is 54.1 Å². The highest BCUT2D eigenvalue weighted by atomic mass is 35.5. The molecule has 0 bridgehead atoms. The molecule has 0 unspecified atom stereocenters. The summed E-state index contributed by atoms with van der Waals surface area (Å²) in [5.74, 6) is 0.691. The van der Waals surface area contributed by atoms with Crippen molar-refractivity contribution in [2.75, 3.05) is 17.2 Å². The fourth-order valence-corrected chi connectivity index (χ4v) is 2.63. The number of amides is 1. The zero-order valence-electron chi connectivity index (χ0n) is 14.9. The second kappa shape index (κ2) is 8.47. The van der Waals surface area contributed by atoms with Crippen molar-refractivity contribution in [3.8, 4) is 11.4 Å². The van der Waals surface area contributed by atoms with Gasteiger partial charge in [0.05, 0.1) is 0 Å². The van der Waals surface area contributed by atoms with E-state index in [4.69, 9.17) is 11.6 Å². The minimum Gasteiger partial charge on any atom is -0.366 e. The van der Waals surface area contributed by atoms with Gasteiger partial charge >= 0.3 is 0 Å². The Morgan fingerprint density at radius 3 is 2.67 bits per heavy atom. The maximum Gasteiger partial charge on any atom is 0.274 e. The summed E-state index contributed by atoms with van der Waals surface area (Å²) in [4.78, 5) is 21.7. The molecule has 0 fully saturated rings. The minimum atomic E-state index is -0.332. The van der Waals surface area contributed by atoms with E-state index >= 15 is 0 Å². The van der Waals surface area contributed by atoms with E-state index in [0.29, 0.717) is 28.9 Å². The number of anilines is 2. The van der Waals surface area contributed by atoms with Crippen LogP contribution in [0.2, 0.25) is 5.02 Å². The molecule has 0 saturated carbocycles. The summed E-state index contributed by atoms with van der Waals surface area (Å²) in [7, 11) is 0. The van der Waals surface area contributed by atoms with E-state index in [2.05, 4.69) is 27.2 Å². The van der Waals surface area contributed by atoms with Crippen molar-refractivity contribution in [2.45, 2.75) is 6.92 Å². The molecule has 6 heteroatoms. The van der Waals surface area contributed by atoms with Crippen molar-refractivity contribution in [2.24, 2.45) is 0 Å². The number of nitrogens with one attached hydrogen (secondary N) is 2. The maximum absolute atomic E-state index is 12.8. The van der Waals surface area contributed by atoms with Crippen LogP contribution in [-0.4, -0.2) is 22.4 Å². The number of nitrogens with zero attached hydrogens (tertiary/aromatic N) is 2. The standard InChI is InChI=1S/C21H19ClN4O/c1-3-11-23-19-13-18(24-20(26-19)15-7-5-4-6-8-15)21(27)25-17-12-16(22)10-9-14(17)2/h3-10,12-13H,1,11H2,2H3,(H,25,27)(H,23,24,26). The lowest BCUT2D eigenvalue weighted by Gasteiger charge is -2.11. The van der Waals surface area contributed by atoms with Crippen LogP contribution in [0, 0.1) is 6.92 Å². The van der Waals surface area contributed by atoms with E-state index < -0.39 is 0 Å². The van der Waals surface area contributed by atoms with E-state index in [-0.39, 0.29) is 11.6 Å². The number of carbonyl (C=O) groups excluding carboxylic acids is 1. The highest BCUT2D eigenvalue weighted by Gasteiger charge is 2.14. The summed E-state index contributed by atoms with van der Waals surface area (Å²) in [6, 6.07) is 16.5. The lowest BCUT2D eigenvalue weighted by Crippen LogP contribution is -2.16. The summed E-state index contributed by atoms with van der Waals surface area (Å²) in [6.07, 6.45) is 1.72. The average molecular weight is 379 g/mol. The topological polar surface area (TPSA) is 66.9 Å². The zero-order valence-corrected chi connectivity index (χ0v) is 15.6. The smallest absolute Gasteiger partial charge is 0.274 e. The van der Waals surface area contributed by atoms with E-state index in [9.17, 15) is 4.79 Å². The number of carbonyl (C=O) groups is 1. The number of halogens is 1. The molecule has 0 aliphatic heterocycles. The molecular formula is C21H19ClN4O. The van der Waals surface area contributed by atoms with Crippen LogP contribution in [0.3, 0.4) is 0 Å². The van der Waals surface area contributed by atoms with Crippen LogP contribution in [0.1, 0.15) is 16.1 Å². The predicted molar refractivity (Wildman–Crippen MR) is 110 cm³/mol. The quantitative estimate of drug-likeness (QED) is 0.595. The van der Waals surface area contributed by atoms with Gasteiger partial charge in [0, 0.05) is 28.9 Å². The number of aromatic nitrogens is 2. The molecule has 0 spiro atoms. The van der Waals surface area contributed by atoms with Crippen LogP contribution in [0.4, 0.5) is 11.5 Å². The van der Waals surface area contributed by atoms with Gasteiger partial charge in [0.25, 0.3) is 5.91 Å². The molecule has 5 nitrogen and oxygen atoms in total. The van der Waals surface area contributed by atoms with Gasteiger partial charge in [-0.05, 0) is 24.6 Å². The minimum absolute atomic E-state index is 0.259. The fourth-order valence-electron chi connectivity index (χ4n) is 2.46. The van der Waals surface area contributed by atoms with Crippen LogP contribution < -0.4 is 10.6 Å². The van der Waals surface area contributed by atoms with Crippen LogP contribution in [0.5, 0.6) is 0 Å². The van der Waals surface area contributed by atoms with Crippen molar-refractivity contribution in [3.63, 3.8) is 0 Å². The number of hydrogen-bond acceptors (Lipinski definition) is 4. The van der Waals surface area contributed by atoms with E-state index in [0.717, 1.165) is 11.1 Å². The first-order valence-corrected chi connectivity index (χ1v) is 8.81. The number of aryl methyl sites for hydroxylation is 1. The molecule has 3 aromatic rings. The molecule has 3 rings (SSSR count). The molecule has 1 heterocycles. The Morgan fingerprint density at radius 2 is 1.93 bits per heavy atom. The van der Waals surface area contributed by atoms with Crippen LogP contribution in [0.15, 0.2) is 67.3 Å². The van der Waals surface area contributed by atoms with Gasteiger partial charge in [-0.25, -0.2) is 9.97 Å². The SMILES string of the molecule is C=CCNc1cc(C(=O)Nc2cc(Cl)ccc2C)nc(-c2ccccc2)n1. The van der Waals surface area contributed by atoms with Gasteiger partial charge in [0.1, 0.15) is 11.5 Å². The molecule has 0 saturated heterocycles. The van der Waals surface area contributed by atoms with Gasteiger partial charge < -0.3 is 10.6 Å². The normalized spacial score (nSPS) is 10.3. The highest BCUT2D eigenvalue weighted by molar-refractivity contribution is 6.31. The summed E-state index contributed by atoms with van der Waals surface area (Å²) >= 11 is 6.04. The lowest BCUT2D eigenvalue weighted by molar-refractivity contribution is 0.102. The zero-order chi connectivity index (χ0) is 19.2. The number of benzene rings is 2. The first-order valence-electron chi connectivity index (χ1n) is 8.43. The van der Waals surface area contributed by atoms with E-state index in [1.165, 1.54) is 0 Å². The Bertz CT molecular complexity index is 973. The molecule has 1 aromatic heterocycles. The Labute approximate surface area is 163 Å². The maximum atomic E-state index is 12.8. The predicted octanol–water partition coefficient (Wildman–Crippen LogP) is 4.96. The monoisotopic (exact) mass is 378 g/mol. The molecule has 0 radical (unpaired) electrons. The first kappa shape index (κ1) is 18.6. The van der Waals surface area contributed by atoms with E-state index in [1.54, 1.807) is 24.3 Å². The first-order chi connectivity index (χ1) is 13.1. The molecular weight excluding hydrogens is 360 g/mol. The van der Waals surface area contributed by atoms with Crippen molar-refractivity contribution < 1.29 is 4.79 Å². The largest absolute Gasteiger partial charge is 0.366 e. The number of rotatable bonds is 6.